The smallest absolute Gasteiger partial charge is 0.305 e. The van der Waals surface area contributed by atoms with Crippen LogP contribution in [0.15, 0.2) is 6.20 Å². The summed E-state index contributed by atoms with van der Waals surface area (Å²) < 4.78 is 1.63. The maximum atomic E-state index is 12.3. The highest BCUT2D eigenvalue weighted by Crippen LogP contribution is 2.33. The first kappa shape index (κ1) is 13.6. The van der Waals surface area contributed by atoms with E-state index in [4.69, 9.17) is 5.11 Å². The topological polar surface area (TPSA) is 84.2 Å². The Hall–Kier alpha value is -1.85. The molecule has 6 heteroatoms. The van der Waals surface area contributed by atoms with Crippen LogP contribution in [-0.4, -0.2) is 32.3 Å². The Morgan fingerprint density at radius 1 is 1.47 bits per heavy atom. The number of carbonyl (C=O) groups is 2. The van der Waals surface area contributed by atoms with Gasteiger partial charge >= 0.3 is 5.97 Å². The number of carboxylic acid groups (broad SMARTS) is 1. The zero-order valence-corrected chi connectivity index (χ0v) is 11.3. The monoisotopic (exact) mass is 265 g/mol. The van der Waals surface area contributed by atoms with E-state index in [-0.39, 0.29) is 12.3 Å². The van der Waals surface area contributed by atoms with E-state index < -0.39 is 11.5 Å². The molecule has 2 N–H and O–H groups in total. The second-order valence-electron chi connectivity index (χ2n) is 5.28. The van der Waals surface area contributed by atoms with Gasteiger partial charge in [-0.2, -0.15) is 5.10 Å². The summed E-state index contributed by atoms with van der Waals surface area (Å²) in [6.07, 6.45) is 4.87. The van der Waals surface area contributed by atoms with Crippen LogP contribution in [0.5, 0.6) is 0 Å². The van der Waals surface area contributed by atoms with E-state index in [1.165, 1.54) is 6.20 Å². The van der Waals surface area contributed by atoms with E-state index in [9.17, 15) is 9.59 Å². The van der Waals surface area contributed by atoms with Crippen molar-refractivity contribution in [3.63, 3.8) is 0 Å². The van der Waals surface area contributed by atoms with Gasteiger partial charge in [-0.25, -0.2) is 0 Å². The number of aryl methyl sites for hydroxylation is 1. The Morgan fingerprint density at radius 2 is 2.11 bits per heavy atom. The quantitative estimate of drug-likeness (QED) is 0.858. The van der Waals surface area contributed by atoms with Crippen molar-refractivity contribution in [3.05, 3.63) is 17.5 Å². The number of amides is 1. The molecule has 1 saturated carbocycles. The Morgan fingerprint density at radius 3 is 2.58 bits per heavy atom. The number of rotatable bonds is 4. The summed E-state index contributed by atoms with van der Waals surface area (Å²) in [7, 11) is 1.77. The number of hydrogen-bond donors (Lipinski definition) is 2. The molecule has 2 rings (SSSR count). The van der Waals surface area contributed by atoms with Crippen molar-refractivity contribution in [3.8, 4) is 0 Å². The molecule has 0 atom stereocenters. The zero-order valence-electron chi connectivity index (χ0n) is 11.3. The summed E-state index contributed by atoms with van der Waals surface area (Å²) in [6.45, 7) is 1.82. The minimum atomic E-state index is -0.870. The van der Waals surface area contributed by atoms with Crippen molar-refractivity contribution >= 4 is 11.9 Å². The Labute approximate surface area is 111 Å². The third-order valence-electron chi connectivity index (χ3n) is 3.91. The van der Waals surface area contributed by atoms with Crippen LogP contribution in [0.3, 0.4) is 0 Å². The molecule has 0 radical (unpaired) electrons. The Kier molecular flexibility index (Phi) is 3.59. The van der Waals surface area contributed by atoms with Crippen LogP contribution in [0, 0.1) is 6.92 Å². The molecule has 1 amide bonds. The third-order valence-corrected chi connectivity index (χ3v) is 3.91. The van der Waals surface area contributed by atoms with Gasteiger partial charge in [-0.3, -0.25) is 14.3 Å². The Balaban J connectivity index is 2.16. The van der Waals surface area contributed by atoms with Gasteiger partial charge in [-0.05, 0) is 19.8 Å². The number of carbonyl (C=O) groups excluding carboxylic acids is 1. The summed E-state index contributed by atoms with van der Waals surface area (Å²) in [5.41, 5.74) is 0.700. The van der Waals surface area contributed by atoms with Crippen LogP contribution < -0.4 is 5.32 Å². The lowest BCUT2D eigenvalue weighted by Crippen LogP contribution is -2.47. The van der Waals surface area contributed by atoms with E-state index in [1.807, 2.05) is 6.92 Å². The fourth-order valence-corrected chi connectivity index (χ4v) is 2.72. The number of aromatic nitrogens is 2. The van der Waals surface area contributed by atoms with Crippen LogP contribution in [0.2, 0.25) is 0 Å². The summed E-state index contributed by atoms with van der Waals surface area (Å²) >= 11 is 0. The average molecular weight is 265 g/mol. The van der Waals surface area contributed by atoms with Gasteiger partial charge in [0, 0.05) is 12.7 Å². The maximum Gasteiger partial charge on any atom is 0.305 e. The molecular formula is C13H19N3O3. The first-order chi connectivity index (χ1) is 8.93. The average Bonchev–Trinajstić information content (AvgIpc) is 2.87. The predicted molar refractivity (Wildman–Crippen MR) is 68.9 cm³/mol. The highest BCUT2D eigenvalue weighted by molar-refractivity contribution is 5.95. The van der Waals surface area contributed by atoms with Crippen LogP contribution in [0.4, 0.5) is 0 Å². The molecule has 1 aliphatic rings. The van der Waals surface area contributed by atoms with Crippen molar-refractivity contribution in [2.75, 3.05) is 0 Å². The first-order valence-electron chi connectivity index (χ1n) is 6.46. The van der Waals surface area contributed by atoms with Crippen molar-refractivity contribution in [2.24, 2.45) is 7.05 Å². The van der Waals surface area contributed by atoms with Crippen LogP contribution in [-0.2, 0) is 11.8 Å². The van der Waals surface area contributed by atoms with E-state index >= 15 is 0 Å². The van der Waals surface area contributed by atoms with Crippen molar-refractivity contribution in [1.29, 1.82) is 0 Å². The second kappa shape index (κ2) is 5.03. The van der Waals surface area contributed by atoms with Gasteiger partial charge in [0.2, 0.25) is 0 Å². The summed E-state index contributed by atoms with van der Waals surface area (Å²) in [6, 6.07) is 0. The van der Waals surface area contributed by atoms with Gasteiger partial charge < -0.3 is 10.4 Å². The molecule has 1 fully saturated rings. The van der Waals surface area contributed by atoms with Gasteiger partial charge in [-0.15, -0.1) is 0 Å². The maximum absolute atomic E-state index is 12.3. The molecule has 1 aromatic rings. The predicted octanol–water partition coefficient (Wildman–Crippen LogP) is 1.25. The van der Waals surface area contributed by atoms with Gasteiger partial charge in [0.1, 0.15) is 0 Å². The number of carboxylic acids is 1. The van der Waals surface area contributed by atoms with Crippen molar-refractivity contribution in [1.82, 2.24) is 15.1 Å². The lowest BCUT2D eigenvalue weighted by molar-refractivity contribution is -0.138. The van der Waals surface area contributed by atoms with Gasteiger partial charge in [0.05, 0.1) is 23.7 Å². The molecule has 1 aliphatic carbocycles. The van der Waals surface area contributed by atoms with E-state index in [0.29, 0.717) is 5.56 Å². The van der Waals surface area contributed by atoms with Gasteiger partial charge in [0.25, 0.3) is 5.91 Å². The summed E-state index contributed by atoms with van der Waals surface area (Å²) in [5, 5.41) is 16.0. The number of aliphatic carboxylic acids is 1. The SMILES string of the molecule is Cc1c(C(=O)NC2(CC(=O)O)CCCC2)cnn1C. The lowest BCUT2D eigenvalue weighted by atomic mass is 9.92. The zero-order chi connectivity index (χ0) is 14.0. The largest absolute Gasteiger partial charge is 0.481 e. The van der Waals surface area contributed by atoms with Gasteiger partial charge in [0.15, 0.2) is 0 Å². The number of hydrogen-bond acceptors (Lipinski definition) is 3. The molecule has 0 aliphatic heterocycles. The van der Waals surface area contributed by atoms with Crippen molar-refractivity contribution < 1.29 is 14.7 Å². The molecule has 0 unspecified atom stereocenters. The molecular weight excluding hydrogens is 246 g/mol. The molecule has 19 heavy (non-hydrogen) atoms. The molecule has 6 nitrogen and oxygen atoms in total. The van der Waals surface area contributed by atoms with Crippen molar-refractivity contribution in [2.45, 2.75) is 44.6 Å². The van der Waals surface area contributed by atoms with E-state index in [1.54, 1.807) is 11.7 Å². The fourth-order valence-electron chi connectivity index (χ4n) is 2.72. The highest BCUT2D eigenvalue weighted by atomic mass is 16.4. The first-order valence-corrected chi connectivity index (χ1v) is 6.46. The molecule has 1 aromatic heterocycles. The highest BCUT2D eigenvalue weighted by Gasteiger charge is 2.38. The Bertz CT molecular complexity index is 501. The fraction of sp³-hybridized carbons (Fsp3) is 0.615. The summed E-state index contributed by atoms with van der Waals surface area (Å²) in [5.74, 6) is -1.10. The van der Waals surface area contributed by atoms with E-state index in [0.717, 1.165) is 31.4 Å². The molecule has 0 saturated heterocycles. The lowest BCUT2D eigenvalue weighted by Gasteiger charge is -2.28. The van der Waals surface area contributed by atoms with Gasteiger partial charge in [-0.1, -0.05) is 12.8 Å². The van der Waals surface area contributed by atoms with E-state index in [2.05, 4.69) is 10.4 Å². The van der Waals surface area contributed by atoms with Crippen LogP contribution >= 0.6 is 0 Å². The molecule has 1 heterocycles. The standard InChI is InChI=1S/C13H19N3O3/c1-9-10(8-14-16(9)2)12(19)15-13(7-11(17)18)5-3-4-6-13/h8H,3-7H2,1-2H3,(H,15,19)(H,17,18). The second-order valence-corrected chi connectivity index (χ2v) is 5.28. The number of nitrogens with zero attached hydrogens (tertiary/aromatic N) is 2. The number of nitrogens with one attached hydrogen (secondary N) is 1. The third kappa shape index (κ3) is 2.77. The minimum absolute atomic E-state index is 0.0158. The molecule has 0 bridgehead atoms. The minimum Gasteiger partial charge on any atom is -0.481 e. The summed E-state index contributed by atoms with van der Waals surface area (Å²) in [4.78, 5) is 23.2. The normalized spacial score (nSPS) is 17.4. The molecule has 104 valence electrons. The molecule has 0 spiro atoms. The molecule has 0 aromatic carbocycles. The van der Waals surface area contributed by atoms with Crippen LogP contribution in [0.25, 0.3) is 0 Å². The van der Waals surface area contributed by atoms with Crippen LogP contribution in [0.1, 0.15) is 48.2 Å².